The van der Waals surface area contributed by atoms with Gasteiger partial charge in [0.2, 0.25) is 0 Å². The largest absolute Gasteiger partial charge is 0.390 e. The van der Waals surface area contributed by atoms with Crippen molar-refractivity contribution in [2.24, 2.45) is 0 Å². The topological polar surface area (TPSA) is 82.5 Å². The van der Waals surface area contributed by atoms with Crippen LogP contribution in [0, 0.1) is 6.92 Å². The second-order valence-electron chi connectivity index (χ2n) is 6.74. The van der Waals surface area contributed by atoms with Crippen molar-refractivity contribution in [3.05, 3.63) is 64.7 Å². The zero-order chi connectivity index (χ0) is 18.3. The molecule has 3 aromatic rings. The van der Waals surface area contributed by atoms with E-state index in [-0.39, 0.29) is 11.8 Å². The molecule has 1 fully saturated rings. The smallest absolute Gasteiger partial charge is 0.280 e. The molecule has 26 heavy (non-hydrogen) atoms. The van der Waals surface area contributed by atoms with Crippen LogP contribution in [0.15, 0.2) is 48.5 Å². The van der Waals surface area contributed by atoms with Gasteiger partial charge in [-0.15, -0.1) is 11.3 Å². The maximum atomic E-state index is 12.7. The molecule has 134 valence electrons. The second-order valence-corrected chi connectivity index (χ2v) is 7.77. The molecule has 4 atom stereocenters. The first-order chi connectivity index (χ1) is 12.5. The molecule has 0 aliphatic heterocycles. The fraction of sp³-hybridized carbons (Fsp3) is 0.300. The molecule has 0 spiro atoms. The SMILES string of the molecule is Cc1ccccc1C1CC(O)C(O)C1NC(=O)c1nc2ccccc2s1. The number of aliphatic hydroxyl groups excluding tert-OH is 2. The third-order valence-corrected chi connectivity index (χ3v) is 6.10. The maximum Gasteiger partial charge on any atom is 0.280 e. The van der Waals surface area contributed by atoms with E-state index in [2.05, 4.69) is 10.3 Å². The van der Waals surface area contributed by atoms with E-state index in [0.717, 1.165) is 21.3 Å². The Hall–Kier alpha value is -2.28. The molecule has 1 aromatic heterocycles. The second kappa shape index (κ2) is 6.79. The molecule has 0 saturated heterocycles. The number of aromatic nitrogens is 1. The number of amides is 1. The monoisotopic (exact) mass is 368 g/mol. The summed E-state index contributed by atoms with van der Waals surface area (Å²) in [6.07, 6.45) is -1.45. The highest BCUT2D eigenvalue weighted by atomic mass is 32.1. The summed E-state index contributed by atoms with van der Waals surface area (Å²) < 4.78 is 0.945. The third-order valence-electron chi connectivity index (χ3n) is 5.06. The Bertz CT molecular complexity index is 922. The zero-order valence-electron chi connectivity index (χ0n) is 14.3. The van der Waals surface area contributed by atoms with Crippen molar-refractivity contribution in [3.63, 3.8) is 0 Å². The lowest BCUT2D eigenvalue weighted by atomic mass is 9.90. The lowest BCUT2D eigenvalue weighted by Gasteiger charge is -2.24. The first-order valence-electron chi connectivity index (χ1n) is 8.62. The van der Waals surface area contributed by atoms with E-state index in [0.29, 0.717) is 11.4 Å². The number of thiazole rings is 1. The fourth-order valence-corrected chi connectivity index (χ4v) is 4.58. The molecule has 3 N–H and O–H groups in total. The highest BCUT2D eigenvalue weighted by molar-refractivity contribution is 7.20. The van der Waals surface area contributed by atoms with E-state index in [9.17, 15) is 15.0 Å². The summed E-state index contributed by atoms with van der Waals surface area (Å²) in [5.74, 6) is -0.456. The predicted molar refractivity (Wildman–Crippen MR) is 101 cm³/mol. The minimum Gasteiger partial charge on any atom is -0.390 e. The van der Waals surface area contributed by atoms with Crippen molar-refractivity contribution in [1.82, 2.24) is 10.3 Å². The summed E-state index contributed by atoms with van der Waals surface area (Å²) >= 11 is 1.32. The number of hydrogen-bond acceptors (Lipinski definition) is 5. The van der Waals surface area contributed by atoms with Gasteiger partial charge < -0.3 is 15.5 Å². The lowest BCUT2D eigenvalue weighted by Crippen LogP contribution is -2.45. The van der Waals surface area contributed by atoms with Crippen molar-refractivity contribution in [3.8, 4) is 0 Å². The van der Waals surface area contributed by atoms with Gasteiger partial charge in [0.25, 0.3) is 5.91 Å². The minimum atomic E-state index is -1.00. The van der Waals surface area contributed by atoms with Crippen LogP contribution >= 0.6 is 11.3 Å². The number of hydrogen-bond donors (Lipinski definition) is 3. The fourth-order valence-electron chi connectivity index (χ4n) is 3.72. The Morgan fingerprint density at radius 3 is 2.65 bits per heavy atom. The van der Waals surface area contributed by atoms with E-state index in [1.54, 1.807) is 0 Å². The van der Waals surface area contributed by atoms with Gasteiger partial charge in [0, 0.05) is 5.92 Å². The van der Waals surface area contributed by atoms with Crippen LogP contribution in [-0.2, 0) is 0 Å². The number of carbonyl (C=O) groups is 1. The Labute approximate surface area is 155 Å². The first kappa shape index (κ1) is 17.1. The van der Waals surface area contributed by atoms with Crippen molar-refractivity contribution in [2.45, 2.75) is 37.5 Å². The van der Waals surface area contributed by atoms with Crippen molar-refractivity contribution >= 4 is 27.5 Å². The number of nitrogens with zero attached hydrogens (tertiary/aromatic N) is 1. The van der Waals surface area contributed by atoms with Crippen molar-refractivity contribution < 1.29 is 15.0 Å². The molecule has 6 heteroatoms. The van der Waals surface area contributed by atoms with Crippen LogP contribution in [0.2, 0.25) is 0 Å². The normalized spacial score (nSPS) is 25.5. The Balaban J connectivity index is 1.61. The van der Waals surface area contributed by atoms with E-state index < -0.39 is 18.2 Å². The number of aliphatic hydroxyl groups is 2. The standard InChI is InChI=1S/C20H20N2O3S/c1-11-6-2-3-7-12(11)13-10-15(23)18(24)17(13)22-19(25)20-21-14-8-4-5-9-16(14)26-20/h2-9,13,15,17-18,23-24H,10H2,1H3,(H,22,25). The van der Waals surface area contributed by atoms with E-state index in [4.69, 9.17) is 0 Å². The zero-order valence-corrected chi connectivity index (χ0v) is 15.1. The molecule has 0 radical (unpaired) electrons. The molecule has 4 rings (SSSR count). The van der Waals surface area contributed by atoms with Crippen LogP contribution in [0.5, 0.6) is 0 Å². The quantitative estimate of drug-likeness (QED) is 0.664. The number of fused-ring (bicyclic) bond motifs is 1. The summed E-state index contributed by atoms with van der Waals surface area (Å²) in [6.45, 7) is 2.00. The van der Waals surface area contributed by atoms with E-state index in [1.165, 1.54) is 11.3 Å². The summed E-state index contributed by atoms with van der Waals surface area (Å²) in [5, 5.41) is 23.9. The molecule has 1 heterocycles. The molecule has 1 saturated carbocycles. The Morgan fingerprint density at radius 1 is 1.15 bits per heavy atom. The number of carbonyl (C=O) groups excluding carboxylic acids is 1. The number of rotatable bonds is 3. The van der Waals surface area contributed by atoms with Crippen LogP contribution in [-0.4, -0.2) is 39.4 Å². The highest BCUT2D eigenvalue weighted by Gasteiger charge is 2.43. The van der Waals surface area contributed by atoms with Gasteiger partial charge in [-0.3, -0.25) is 4.79 Å². The highest BCUT2D eigenvalue weighted by Crippen LogP contribution is 2.37. The van der Waals surface area contributed by atoms with Crippen LogP contribution < -0.4 is 5.32 Å². The Morgan fingerprint density at radius 2 is 1.88 bits per heavy atom. The number of nitrogens with one attached hydrogen (secondary N) is 1. The first-order valence-corrected chi connectivity index (χ1v) is 9.44. The van der Waals surface area contributed by atoms with Gasteiger partial charge in [0.05, 0.1) is 22.4 Å². The summed E-state index contributed by atoms with van der Waals surface area (Å²) in [7, 11) is 0. The van der Waals surface area contributed by atoms with Crippen molar-refractivity contribution in [1.29, 1.82) is 0 Å². The van der Waals surface area contributed by atoms with E-state index >= 15 is 0 Å². The molecule has 1 aliphatic carbocycles. The van der Waals surface area contributed by atoms with Gasteiger partial charge in [0.1, 0.15) is 6.10 Å². The van der Waals surface area contributed by atoms with Gasteiger partial charge in [-0.1, -0.05) is 36.4 Å². The lowest BCUT2D eigenvalue weighted by molar-refractivity contribution is 0.0294. The van der Waals surface area contributed by atoms with Crippen LogP contribution in [0.1, 0.15) is 33.3 Å². The average molecular weight is 368 g/mol. The van der Waals surface area contributed by atoms with Gasteiger partial charge in [0.15, 0.2) is 5.01 Å². The third kappa shape index (κ3) is 3.00. The predicted octanol–water partition coefficient (Wildman–Crippen LogP) is 2.61. The van der Waals surface area contributed by atoms with Crippen molar-refractivity contribution in [2.75, 3.05) is 0 Å². The van der Waals surface area contributed by atoms with Gasteiger partial charge in [-0.2, -0.15) is 0 Å². The molecule has 2 aromatic carbocycles. The molecule has 5 nitrogen and oxygen atoms in total. The number of aryl methyl sites for hydroxylation is 1. The minimum absolute atomic E-state index is 0.139. The molecule has 1 amide bonds. The average Bonchev–Trinajstić information content (AvgIpc) is 3.19. The van der Waals surface area contributed by atoms with Crippen LogP contribution in [0.4, 0.5) is 0 Å². The number of para-hydroxylation sites is 1. The van der Waals surface area contributed by atoms with Gasteiger partial charge in [-0.25, -0.2) is 4.98 Å². The van der Waals surface area contributed by atoms with Crippen LogP contribution in [0.25, 0.3) is 10.2 Å². The Kier molecular flexibility index (Phi) is 4.48. The molecule has 4 unspecified atom stereocenters. The maximum absolute atomic E-state index is 12.7. The van der Waals surface area contributed by atoms with Gasteiger partial charge >= 0.3 is 0 Å². The summed E-state index contributed by atoms with van der Waals surface area (Å²) in [6, 6.07) is 14.9. The molecular formula is C20H20N2O3S. The molecule has 0 bridgehead atoms. The summed E-state index contributed by atoms with van der Waals surface area (Å²) in [5.41, 5.74) is 2.90. The molecular weight excluding hydrogens is 348 g/mol. The van der Waals surface area contributed by atoms with Crippen LogP contribution in [0.3, 0.4) is 0 Å². The van der Waals surface area contributed by atoms with Gasteiger partial charge in [-0.05, 0) is 36.6 Å². The molecule has 1 aliphatic rings. The number of benzene rings is 2. The summed E-state index contributed by atoms with van der Waals surface area (Å²) in [4.78, 5) is 17.1. The van der Waals surface area contributed by atoms with E-state index in [1.807, 2.05) is 55.5 Å².